The Balaban J connectivity index is 2.10. The highest BCUT2D eigenvalue weighted by Crippen LogP contribution is 2.25. The lowest BCUT2D eigenvalue weighted by Crippen LogP contribution is -2.16. The Labute approximate surface area is 110 Å². The molecule has 1 aliphatic rings. The van der Waals surface area contributed by atoms with Crippen molar-refractivity contribution in [3.05, 3.63) is 34.1 Å². The maximum atomic E-state index is 13.7. The Morgan fingerprint density at radius 1 is 1.29 bits per heavy atom. The average molecular weight is 299 g/mol. The summed E-state index contributed by atoms with van der Waals surface area (Å²) in [4.78, 5) is 11.9. The van der Waals surface area contributed by atoms with Crippen molar-refractivity contribution in [1.29, 1.82) is 0 Å². The van der Waals surface area contributed by atoms with Crippen LogP contribution >= 0.6 is 15.9 Å². The summed E-state index contributed by atoms with van der Waals surface area (Å²) >= 11 is 3.24. The molecule has 0 heterocycles. The van der Waals surface area contributed by atoms with Crippen LogP contribution in [0, 0.1) is 11.7 Å². The van der Waals surface area contributed by atoms with E-state index in [9.17, 15) is 9.18 Å². The first-order chi connectivity index (χ1) is 8.16. The van der Waals surface area contributed by atoms with Crippen LogP contribution < -0.4 is 0 Å². The molecule has 0 radical (unpaired) electrons. The smallest absolute Gasteiger partial charge is 0.136 e. The van der Waals surface area contributed by atoms with Crippen molar-refractivity contribution < 1.29 is 9.18 Å². The highest BCUT2D eigenvalue weighted by Gasteiger charge is 2.22. The molecule has 17 heavy (non-hydrogen) atoms. The number of hydrogen-bond acceptors (Lipinski definition) is 1. The third kappa shape index (κ3) is 3.38. The normalized spacial score (nSPS) is 21.3. The van der Waals surface area contributed by atoms with E-state index in [0.717, 1.165) is 30.2 Å². The largest absolute Gasteiger partial charge is 0.299 e. The van der Waals surface area contributed by atoms with Crippen LogP contribution in [-0.2, 0) is 11.2 Å². The Morgan fingerprint density at radius 3 is 2.88 bits per heavy atom. The van der Waals surface area contributed by atoms with E-state index >= 15 is 0 Å². The topological polar surface area (TPSA) is 17.1 Å². The molecule has 2 rings (SSSR count). The van der Waals surface area contributed by atoms with Gasteiger partial charge in [0.2, 0.25) is 0 Å². The Morgan fingerprint density at radius 2 is 2.12 bits per heavy atom. The SMILES string of the molecule is O=C1CCCCCC1Cc1ccc(Br)cc1F. The molecule has 0 spiro atoms. The van der Waals surface area contributed by atoms with Gasteiger partial charge in [-0.05, 0) is 37.0 Å². The first kappa shape index (κ1) is 12.7. The third-order valence-electron chi connectivity index (χ3n) is 3.41. The van der Waals surface area contributed by atoms with Crippen LogP contribution in [0.15, 0.2) is 22.7 Å². The Bertz CT molecular complexity index is 417. The van der Waals surface area contributed by atoms with Gasteiger partial charge >= 0.3 is 0 Å². The lowest BCUT2D eigenvalue weighted by Gasteiger charge is -2.13. The summed E-state index contributed by atoms with van der Waals surface area (Å²) < 4.78 is 14.4. The second-order valence-electron chi connectivity index (χ2n) is 4.70. The first-order valence-corrected chi connectivity index (χ1v) is 6.93. The Kier molecular flexibility index (Phi) is 4.32. The van der Waals surface area contributed by atoms with Crippen molar-refractivity contribution in [3.63, 3.8) is 0 Å². The summed E-state index contributed by atoms with van der Waals surface area (Å²) in [6, 6.07) is 5.08. The number of ketones is 1. The van der Waals surface area contributed by atoms with Gasteiger partial charge in [0.15, 0.2) is 0 Å². The number of Topliss-reactive ketones (excluding diaryl/α,β-unsaturated/α-hetero) is 1. The van der Waals surface area contributed by atoms with Crippen molar-refractivity contribution in [1.82, 2.24) is 0 Å². The molecule has 1 fully saturated rings. The lowest BCUT2D eigenvalue weighted by atomic mass is 9.91. The zero-order chi connectivity index (χ0) is 12.3. The predicted molar refractivity (Wildman–Crippen MR) is 69.4 cm³/mol. The predicted octanol–water partition coefficient (Wildman–Crippen LogP) is 4.28. The molecule has 1 aromatic carbocycles. The van der Waals surface area contributed by atoms with Crippen molar-refractivity contribution in [2.75, 3.05) is 0 Å². The van der Waals surface area contributed by atoms with E-state index in [4.69, 9.17) is 0 Å². The molecule has 1 unspecified atom stereocenters. The number of carbonyl (C=O) groups excluding carboxylic acids is 1. The van der Waals surface area contributed by atoms with Crippen molar-refractivity contribution >= 4 is 21.7 Å². The highest BCUT2D eigenvalue weighted by atomic mass is 79.9. The van der Waals surface area contributed by atoms with Gasteiger partial charge in [-0.3, -0.25) is 4.79 Å². The van der Waals surface area contributed by atoms with Crippen LogP contribution in [-0.4, -0.2) is 5.78 Å². The van der Waals surface area contributed by atoms with Gasteiger partial charge in [0.1, 0.15) is 11.6 Å². The molecule has 1 aromatic rings. The van der Waals surface area contributed by atoms with Gasteiger partial charge in [0.25, 0.3) is 0 Å². The fourth-order valence-electron chi connectivity index (χ4n) is 2.40. The molecule has 0 aromatic heterocycles. The summed E-state index contributed by atoms with van der Waals surface area (Å²) in [6.45, 7) is 0. The van der Waals surface area contributed by atoms with Gasteiger partial charge in [-0.1, -0.05) is 34.8 Å². The maximum Gasteiger partial charge on any atom is 0.136 e. The number of hydrogen-bond donors (Lipinski definition) is 0. The van der Waals surface area contributed by atoms with Crippen LogP contribution in [0.4, 0.5) is 4.39 Å². The molecule has 3 heteroatoms. The van der Waals surface area contributed by atoms with Crippen LogP contribution in [0.5, 0.6) is 0 Å². The molecule has 0 amide bonds. The molecule has 0 bridgehead atoms. The second-order valence-corrected chi connectivity index (χ2v) is 5.62. The van der Waals surface area contributed by atoms with Gasteiger partial charge in [-0.2, -0.15) is 0 Å². The average Bonchev–Trinajstić information content (AvgIpc) is 2.48. The summed E-state index contributed by atoms with van der Waals surface area (Å²) in [6.07, 6.45) is 5.35. The molecule has 0 saturated heterocycles. The van der Waals surface area contributed by atoms with Crippen molar-refractivity contribution in [2.45, 2.75) is 38.5 Å². The van der Waals surface area contributed by atoms with E-state index in [1.165, 1.54) is 6.07 Å². The molecule has 92 valence electrons. The quantitative estimate of drug-likeness (QED) is 0.745. The van der Waals surface area contributed by atoms with Gasteiger partial charge in [0.05, 0.1) is 0 Å². The molecule has 1 aliphatic carbocycles. The maximum absolute atomic E-state index is 13.7. The molecule has 0 aliphatic heterocycles. The van der Waals surface area contributed by atoms with Crippen LogP contribution in [0.2, 0.25) is 0 Å². The monoisotopic (exact) mass is 298 g/mol. The van der Waals surface area contributed by atoms with E-state index in [1.807, 2.05) is 6.07 Å². The van der Waals surface area contributed by atoms with Gasteiger partial charge in [-0.25, -0.2) is 4.39 Å². The van der Waals surface area contributed by atoms with E-state index in [1.54, 1.807) is 6.07 Å². The Hall–Kier alpha value is -0.700. The molecule has 1 saturated carbocycles. The summed E-state index contributed by atoms with van der Waals surface area (Å²) in [5.41, 5.74) is 0.661. The van der Waals surface area contributed by atoms with Gasteiger partial charge in [0, 0.05) is 16.8 Å². The number of halogens is 2. The van der Waals surface area contributed by atoms with E-state index in [0.29, 0.717) is 24.2 Å². The number of carbonyl (C=O) groups is 1. The number of rotatable bonds is 2. The van der Waals surface area contributed by atoms with Crippen molar-refractivity contribution in [3.8, 4) is 0 Å². The van der Waals surface area contributed by atoms with Crippen LogP contribution in [0.1, 0.15) is 37.7 Å². The lowest BCUT2D eigenvalue weighted by molar-refractivity contribution is -0.122. The standard InChI is InChI=1S/C14H16BrFO/c15-12-7-6-10(13(16)9-12)8-11-4-2-1-3-5-14(11)17/h6-7,9,11H,1-5,8H2. The fourth-order valence-corrected chi connectivity index (χ4v) is 2.73. The molecule has 1 nitrogen and oxygen atoms in total. The van der Waals surface area contributed by atoms with E-state index < -0.39 is 0 Å². The summed E-state index contributed by atoms with van der Waals surface area (Å²) in [7, 11) is 0. The first-order valence-electron chi connectivity index (χ1n) is 6.13. The van der Waals surface area contributed by atoms with Crippen LogP contribution in [0.3, 0.4) is 0 Å². The number of benzene rings is 1. The van der Waals surface area contributed by atoms with Crippen molar-refractivity contribution in [2.24, 2.45) is 5.92 Å². The minimum absolute atomic E-state index is 0.0215. The zero-order valence-electron chi connectivity index (χ0n) is 9.72. The summed E-state index contributed by atoms with van der Waals surface area (Å²) in [5.74, 6) is 0.120. The fraction of sp³-hybridized carbons (Fsp3) is 0.500. The minimum Gasteiger partial charge on any atom is -0.299 e. The molecular weight excluding hydrogens is 283 g/mol. The highest BCUT2D eigenvalue weighted by molar-refractivity contribution is 9.10. The third-order valence-corrected chi connectivity index (χ3v) is 3.91. The van der Waals surface area contributed by atoms with E-state index in [2.05, 4.69) is 15.9 Å². The van der Waals surface area contributed by atoms with E-state index in [-0.39, 0.29) is 11.7 Å². The molecular formula is C14H16BrFO. The van der Waals surface area contributed by atoms with Gasteiger partial charge in [-0.15, -0.1) is 0 Å². The zero-order valence-corrected chi connectivity index (χ0v) is 11.3. The van der Waals surface area contributed by atoms with Gasteiger partial charge < -0.3 is 0 Å². The second kappa shape index (κ2) is 5.76. The molecule has 1 atom stereocenters. The molecule has 0 N–H and O–H groups in total. The van der Waals surface area contributed by atoms with Crippen LogP contribution in [0.25, 0.3) is 0 Å². The summed E-state index contributed by atoms with van der Waals surface area (Å²) in [5, 5.41) is 0. The minimum atomic E-state index is -0.212.